The normalized spacial score (nSPS) is 20.0. The Balaban J connectivity index is 1.26. The Hall–Kier alpha value is -2.83. The molecule has 2 aliphatic carbocycles. The minimum atomic E-state index is -0.124. The number of fused-ring (bicyclic) bond motifs is 1. The van der Waals surface area contributed by atoms with Gasteiger partial charge < -0.3 is 20.9 Å². The van der Waals surface area contributed by atoms with Crippen LogP contribution in [0, 0.1) is 5.92 Å². The van der Waals surface area contributed by atoms with Crippen LogP contribution in [0.4, 0.5) is 22.2 Å². The molecule has 7 heteroatoms. The number of aromatic nitrogens is 2. The summed E-state index contributed by atoms with van der Waals surface area (Å²) in [6, 6.07) is 8.30. The number of nitrogens with zero attached hydrogens (tertiary/aromatic N) is 3. The highest BCUT2D eigenvalue weighted by molar-refractivity contribution is 5.90. The molecule has 0 atom stereocenters. The fourth-order valence-electron chi connectivity index (χ4n) is 5.35. The molecule has 1 fully saturated rings. The van der Waals surface area contributed by atoms with Gasteiger partial charge >= 0.3 is 6.03 Å². The maximum Gasteiger partial charge on any atom is 0.319 e. The second-order valence-corrected chi connectivity index (χ2v) is 11.4. The predicted octanol–water partition coefficient (Wildman–Crippen LogP) is 5.51. The summed E-state index contributed by atoms with van der Waals surface area (Å²) >= 11 is 0. The molecule has 1 aromatic heterocycles. The largest absolute Gasteiger partial charge is 0.362 e. The summed E-state index contributed by atoms with van der Waals surface area (Å²) in [4.78, 5) is 24.4. The van der Waals surface area contributed by atoms with Crippen LogP contribution in [0.1, 0.15) is 76.1 Å². The monoisotopic (exact) mass is 478 g/mol. The second-order valence-electron chi connectivity index (χ2n) is 11.4. The van der Waals surface area contributed by atoms with Crippen molar-refractivity contribution in [3.8, 4) is 0 Å². The number of amides is 2. The predicted molar refractivity (Wildman–Crippen MR) is 145 cm³/mol. The molecular weight excluding hydrogens is 436 g/mol. The summed E-state index contributed by atoms with van der Waals surface area (Å²) in [5, 5.41) is 9.77. The zero-order valence-electron chi connectivity index (χ0n) is 22.1. The Labute approximate surface area is 210 Å². The molecule has 7 nitrogen and oxygen atoms in total. The minimum Gasteiger partial charge on any atom is -0.362 e. The van der Waals surface area contributed by atoms with E-state index in [4.69, 9.17) is 9.97 Å². The van der Waals surface area contributed by atoms with Crippen LogP contribution in [0.2, 0.25) is 0 Å². The smallest absolute Gasteiger partial charge is 0.319 e. The van der Waals surface area contributed by atoms with E-state index in [2.05, 4.69) is 61.8 Å². The third kappa shape index (κ3) is 6.44. The molecule has 190 valence electrons. The molecule has 2 aromatic rings. The maximum absolute atomic E-state index is 12.6. The van der Waals surface area contributed by atoms with Crippen LogP contribution < -0.4 is 20.9 Å². The summed E-state index contributed by atoms with van der Waals surface area (Å²) in [6.45, 7) is 7.19. The highest BCUT2D eigenvalue weighted by Gasteiger charge is 2.25. The number of benzene rings is 1. The van der Waals surface area contributed by atoms with Gasteiger partial charge in [-0.2, -0.15) is 4.98 Å². The van der Waals surface area contributed by atoms with E-state index < -0.39 is 0 Å². The lowest BCUT2D eigenvalue weighted by Gasteiger charge is -2.30. The molecule has 1 heterocycles. The van der Waals surface area contributed by atoms with Crippen LogP contribution in [0.3, 0.4) is 0 Å². The first-order valence-corrected chi connectivity index (χ1v) is 13.2. The zero-order chi connectivity index (χ0) is 25.0. The molecule has 4 rings (SSSR count). The fraction of sp³-hybridized carbons (Fsp3) is 0.607. The number of nitrogens with one attached hydrogen (secondary N) is 3. The van der Waals surface area contributed by atoms with Gasteiger partial charge in [-0.1, -0.05) is 39.0 Å². The highest BCUT2D eigenvalue weighted by atomic mass is 16.2. The molecule has 0 unspecified atom stereocenters. The Kier molecular flexibility index (Phi) is 7.82. The summed E-state index contributed by atoms with van der Waals surface area (Å²) < 4.78 is 0. The Morgan fingerprint density at radius 1 is 1.03 bits per heavy atom. The van der Waals surface area contributed by atoms with Crippen molar-refractivity contribution in [2.75, 3.05) is 36.2 Å². The van der Waals surface area contributed by atoms with Crippen LogP contribution in [-0.4, -0.2) is 42.7 Å². The minimum absolute atomic E-state index is 0.0235. The molecule has 1 aromatic carbocycles. The van der Waals surface area contributed by atoms with Crippen molar-refractivity contribution in [1.29, 1.82) is 0 Å². The lowest BCUT2D eigenvalue weighted by Crippen LogP contribution is -2.36. The third-order valence-electron chi connectivity index (χ3n) is 7.30. The SMILES string of the molecule is CN(C)c1nc(N[C@H]2CC[C@@H](CNC(=O)Nc3ccccc3C(C)(C)C)CC2)nc2c1CCCC2. The van der Waals surface area contributed by atoms with Gasteiger partial charge in [-0.25, -0.2) is 9.78 Å². The number of aryl methyl sites for hydroxylation is 1. The molecule has 2 amide bonds. The lowest BCUT2D eigenvalue weighted by atomic mass is 9.85. The molecule has 0 spiro atoms. The first-order chi connectivity index (χ1) is 16.7. The molecule has 1 saturated carbocycles. The average molecular weight is 479 g/mol. The van der Waals surface area contributed by atoms with Gasteiger partial charge in [0, 0.05) is 37.9 Å². The third-order valence-corrected chi connectivity index (χ3v) is 7.30. The van der Waals surface area contributed by atoms with Gasteiger partial charge in [0.15, 0.2) is 0 Å². The Morgan fingerprint density at radius 3 is 2.46 bits per heavy atom. The van der Waals surface area contributed by atoms with Gasteiger partial charge in [0.1, 0.15) is 5.82 Å². The van der Waals surface area contributed by atoms with Crippen molar-refractivity contribution in [2.45, 2.75) is 83.6 Å². The average Bonchev–Trinajstić information content (AvgIpc) is 2.82. The van der Waals surface area contributed by atoms with Gasteiger partial charge in [0.05, 0.1) is 5.69 Å². The Morgan fingerprint density at radius 2 is 1.74 bits per heavy atom. The van der Waals surface area contributed by atoms with Crippen LogP contribution >= 0.6 is 0 Å². The van der Waals surface area contributed by atoms with E-state index in [1.165, 1.54) is 24.1 Å². The number of urea groups is 1. The lowest BCUT2D eigenvalue weighted by molar-refractivity contribution is 0.246. The standard InChI is InChI=1S/C28H42N6O/c1-28(2,3)22-11-7-9-13-24(22)32-27(35)29-18-19-14-16-20(17-15-19)30-26-31-23-12-8-6-10-21(23)25(33-26)34(4)5/h7,9,11,13,19-20H,6,8,10,12,14-18H2,1-5H3,(H2,29,32,35)(H,30,31,33)/t19-,20+. The number of hydrogen-bond donors (Lipinski definition) is 3. The van der Waals surface area contributed by atoms with Gasteiger partial charge in [0.2, 0.25) is 5.95 Å². The topological polar surface area (TPSA) is 82.2 Å². The molecular formula is C28H42N6O. The number of para-hydroxylation sites is 1. The second kappa shape index (κ2) is 10.8. The molecule has 0 aliphatic heterocycles. The number of carbonyl (C=O) groups is 1. The first kappa shape index (κ1) is 25.3. The van der Waals surface area contributed by atoms with Crippen molar-refractivity contribution in [3.63, 3.8) is 0 Å². The fourth-order valence-corrected chi connectivity index (χ4v) is 5.35. The van der Waals surface area contributed by atoms with Crippen LogP contribution in [0.5, 0.6) is 0 Å². The van der Waals surface area contributed by atoms with Gasteiger partial charge in [-0.05, 0) is 74.3 Å². The first-order valence-electron chi connectivity index (χ1n) is 13.2. The van der Waals surface area contributed by atoms with Crippen molar-refractivity contribution in [3.05, 3.63) is 41.1 Å². The number of carbonyl (C=O) groups excluding carboxylic acids is 1. The maximum atomic E-state index is 12.6. The van der Waals surface area contributed by atoms with E-state index in [0.29, 0.717) is 18.5 Å². The number of anilines is 3. The van der Waals surface area contributed by atoms with E-state index in [9.17, 15) is 4.79 Å². The van der Waals surface area contributed by atoms with Crippen molar-refractivity contribution < 1.29 is 4.79 Å². The molecule has 2 aliphatic rings. The zero-order valence-corrected chi connectivity index (χ0v) is 22.1. The molecule has 0 radical (unpaired) electrons. The van der Waals surface area contributed by atoms with E-state index in [-0.39, 0.29) is 11.4 Å². The van der Waals surface area contributed by atoms with Crippen molar-refractivity contribution >= 4 is 23.5 Å². The summed E-state index contributed by atoms with van der Waals surface area (Å²) in [5.41, 5.74) is 4.54. The van der Waals surface area contributed by atoms with Crippen LogP contribution in [-0.2, 0) is 18.3 Å². The van der Waals surface area contributed by atoms with Gasteiger partial charge in [0.25, 0.3) is 0 Å². The molecule has 0 saturated heterocycles. The van der Waals surface area contributed by atoms with Gasteiger partial charge in [-0.3, -0.25) is 0 Å². The van der Waals surface area contributed by atoms with Crippen molar-refractivity contribution in [2.24, 2.45) is 5.92 Å². The van der Waals surface area contributed by atoms with Gasteiger partial charge in [-0.15, -0.1) is 0 Å². The molecule has 3 N–H and O–H groups in total. The van der Waals surface area contributed by atoms with E-state index >= 15 is 0 Å². The molecule has 35 heavy (non-hydrogen) atoms. The summed E-state index contributed by atoms with van der Waals surface area (Å²) in [6.07, 6.45) is 8.87. The van der Waals surface area contributed by atoms with Crippen molar-refractivity contribution in [1.82, 2.24) is 15.3 Å². The van der Waals surface area contributed by atoms with E-state index in [1.54, 1.807) is 0 Å². The van der Waals surface area contributed by atoms with Crippen LogP contribution in [0.25, 0.3) is 0 Å². The summed E-state index contributed by atoms with van der Waals surface area (Å²) in [5.74, 6) is 2.33. The quantitative estimate of drug-likeness (QED) is 0.510. The van der Waals surface area contributed by atoms with Crippen LogP contribution in [0.15, 0.2) is 24.3 Å². The highest BCUT2D eigenvalue weighted by Crippen LogP contribution is 2.31. The molecule has 0 bridgehead atoms. The van der Waals surface area contributed by atoms with E-state index in [0.717, 1.165) is 61.5 Å². The number of rotatable bonds is 6. The Bertz CT molecular complexity index is 1020. The number of hydrogen-bond acceptors (Lipinski definition) is 5. The van der Waals surface area contributed by atoms with E-state index in [1.807, 2.05) is 18.2 Å². The summed E-state index contributed by atoms with van der Waals surface area (Å²) in [7, 11) is 4.13.